The topological polar surface area (TPSA) is 152 Å². The van der Waals surface area contributed by atoms with Crippen molar-refractivity contribution in [3.05, 3.63) is 12.4 Å². The number of carbonyl (C=O) groups excluding carboxylic acids is 4. The standard InChI is InChI=1S/C25H34FN5O7S/c1-13(2)22(34)36-11-25(6)19(38-23(35)14(3)4)16(10-37-25)31-12-27-18-20(29-24(26)30-21(18)31)28-17(33)8-7-9-39-15(5)32/h12-14,16,19H,7-11H2,1-6H3,(H,28,29,30,33)/t16?,19-,25+/m0/s1. The van der Waals surface area contributed by atoms with Gasteiger partial charge in [-0.2, -0.15) is 14.4 Å². The van der Waals surface area contributed by atoms with Crippen molar-refractivity contribution < 1.29 is 37.8 Å². The molecular formula is C25H34FN5O7S. The number of fused-ring (bicyclic) bond motifs is 1. The Bertz CT molecular complexity index is 1240. The van der Waals surface area contributed by atoms with Crippen molar-refractivity contribution in [2.45, 2.75) is 72.1 Å². The summed E-state index contributed by atoms with van der Waals surface area (Å²) < 4.78 is 33.3. The normalized spacial score (nSPS) is 20.9. The molecule has 3 heterocycles. The fraction of sp³-hybridized carbons (Fsp3) is 0.640. The van der Waals surface area contributed by atoms with Gasteiger partial charge in [0.25, 0.3) is 0 Å². The number of imidazole rings is 1. The molecule has 3 atom stereocenters. The molecule has 1 amide bonds. The Morgan fingerprint density at radius 1 is 1.21 bits per heavy atom. The van der Waals surface area contributed by atoms with Crippen LogP contribution in [0.2, 0.25) is 0 Å². The quantitative estimate of drug-likeness (QED) is 0.242. The number of aromatic nitrogens is 4. The summed E-state index contributed by atoms with van der Waals surface area (Å²) in [6.45, 7) is 9.75. The fourth-order valence-electron chi connectivity index (χ4n) is 3.91. The first-order valence-corrected chi connectivity index (χ1v) is 13.6. The Morgan fingerprint density at radius 3 is 2.54 bits per heavy atom. The molecular weight excluding hydrogens is 533 g/mol. The molecule has 1 aliphatic heterocycles. The van der Waals surface area contributed by atoms with Crippen molar-refractivity contribution in [1.82, 2.24) is 19.5 Å². The van der Waals surface area contributed by atoms with E-state index in [2.05, 4.69) is 20.3 Å². The summed E-state index contributed by atoms with van der Waals surface area (Å²) in [6, 6.07) is -0.693. The number of carbonyl (C=O) groups is 4. The Balaban J connectivity index is 1.89. The van der Waals surface area contributed by atoms with E-state index in [-0.39, 0.29) is 47.6 Å². The molecule has 0 saturated carbocycles. The molecule has 39 heavy (non-hydrogen) atoms. The summed E-state index contributed by atoms with van der Waals surface area (Å²) in [7, 11) is 0. The van der Waals surface area contributed by atoms with E-state index in [9.17, 15) is 23.6 Å². The van der Waals surface area contributed by atoms with Gasteiger partial charge in [-0.25, -0.2) is 4.98 Å². The monoisotopic (exact) mass is 567 g/mol. The molecule has 14 heteroatoms. The predicted octanol–water partition coefficient (Wildman–Crippen LogP) is 3.06. The summed E-state index contributed by atoms with van der Waals surface area (Å²) in [5.74, 6) is -1.76. The summed E-state index contributed by atoms with van der Waals surface area (Å²) >= 11 is 1.12. The minimum atomic E-state index is -1.20. The maximum atomic E-state index is 14.5. The van der Waals surface area contributed by atoms with Gasteiger partial charge in [-0.3, -0.25) is 19.2 Å². The van der Waals surface area contributed by atoms with Gasteiger partial charge in [0, 0.05) is 19.1 Å². The van der Waals surface area contributed by atoms with E-state index in [1.54, 1.807) is 34.6 Å². The average Bonchev–Trinajstić information content (AvgIpc) is 3.41. The smallest absolute Gasteiger partial charge is 0.312 e. The third kappa shape index (κ3) is 7.50. The largest absolute Gasteiger partial charge is 0.462 e. The zero-order valence-electron chi connectivity index (χ0n) is 22.9. The highest BCUT2D eigenvalue weighted by molar-refractivity contribution is 8.13. The number of rotatable bonds is 11. The van der Waals surface area contributed by atoms with Gasteiger partial charge in [-0.1, -0.05) is 39.5 Å². The Hall–Kier alpha value is -3.13. The highest BCUT2D eigenvalue weighted by Crippen LogP contribution is 2.38. The molecule has 1 fully saturated rings. The van der Waals surface area contributed by atoms with Crippen molar-refractivity contribution in [1.29, 1.82) is 0 Å². The van der Waals surface area contributed by atoms with E-state index in [1.165, 1.54) is 17.8 Å². The van der Waals surface area contributed by atoms with Crippen LogP contribution in [0.4, 0.5) is 10.2 Å². The number of nitrogens with one attached hydrogen (secondary N) is 1. The van der Waals surface area contributed by atoms with Gasteiger partial charge in [0.15, 0.2) is 28.2 Å². The third-order valence-corrected chi connectivity index (χ3v) is 6.98. The average molecular weight is 568 g/mol. The van der Waals surface area contributed by atoms with Crippen molar-refractivity contribution in [3.8, 4) is 0 Å². The first-order chi connectivity index (χ1) is 18.3. The van der Waals surface area contributed by atoms with Crippen LogP contribution in [0, 0.1) is 17.9 Å². The zero-order chi connectivity index (χ0) is 28.9. The van der Waals surface area contributed by atoms with Gasteiger partial charge in [0.2, 0.25) is 5.91 Å². The van der Waals surface area contributed by atoms with E-state index in [4.69, 9.17) is 14.2 Å². The summed E-state index contributed by atoms with van der Waals surface area (Å²) in [4.78, 5) is 60.1. The molecule has 0 radical (unpaired) electrons. The Labute approximate surface area is 229 Å². The van der Waals surface area contributed by atoms with E-state index in [0.717, 1.165) is 11.8 Å². The zero-order valence-corrected chi connectivity index (χ0v) is 23.7. The molecule has 1 N–H and O–H groups in total. The van der Waals surface area contributed by atoms with Crippen molar-refractivity contribution in [2.24, 2.45) is 11.8 Å². The van der Waals surface area contributed by atoms with Gasteiger partial charge < -0.3 is 24.1 Å². The molecule has 2 aromatic heterocycles. The number of amides is 1. The lowest BCUT2D eigenvalue weighted by atomic mass is 9.96. The number of ether oxygens (including phenoxy) is 3. The van der Waals surface area contributed by atoms with Crippen LogP contribution < -0.4 is 5.32 Å². The van der Waals surface area contributed by atoms with Crippen molar-refractivity contribution in [3.63, 3.8) is 0 Å². The number of halogens is 1. The van der Waals surface area contributed by atoms with Gasteiger partial charge in [-0.15, -0.1) is 0 Å². The second kappa shape index (κ2) is 12.8. The van der Waals surface area contributed by atoms with Gasteiger partial charge in [-0.05, 0) is 13.3 Å². The van der Waals surface area contributed by atoms with Crippen molar-refractivity contribution >= 4 is 51.7 Å². The van der Waals surface area contributed by atoms with Crippen LogP contribution in [-0.4, -0.2) is 73.2 Å². The minimum absolute atomic E-state index is 0.0262. The Kier molecular flexibility index (Phi) is 9.99. The van der Waals surface area contributed by atoms with Gasteiger partial charge in [0.1, 0.15) is 12.2 Å². The van der Waals surface area contributed by atoms with Gasteiger partial charge >= 0.3 is 18.0 Å². The summed E-state index contributed by atoms with van der Waals surface area (Å²) in [5, 5.41) is 2.52. The molecule has 0 spiro atoms. The number of esters is 2. The van der Waals surface area contributed by atoms with Crippen LogP contribution in [0.25, 0.3) is 11.2 Å². The molecule has 214 valence electrons. The van der Waals surface area contributed by atoms with Gasteiger partial charge in [0.05, 0.1) is 30.8 Å². The second-order valence-electron chi connectivity index (χ2n) is 10.1. The summed E-state index contributed by atoms with van der Waals surface area (Å²) in [6.07, 6.45) is -0.0856. The lowest BCUT2D eigenvalue weighted by Crippen LogP contribution is -2.47. The molecule has 2 aromatic rings. The lowest BCUT2D eigenvalue weighted by molar-refractivity contribution is -0.173. The first-order valence-electron chi connectivity index (χ1n) is 12.7. The van der Waals surface area contributed by atoms with E-state index in [1.807, 2.05) is 0 Å². The fourth-order valence-corrected chi connectivity index (χ4v) is 4.49. The highest BCUT2D eigenvalue weighted by atomic mass is 32.2. The predicted molar refractivity (Wildman–Crippen MR) is 140 cm³/mol. The van der Waals surface area contributed by atoms with Crippen LogP contribution in [0.3, 0.4) is 0 Å². The van der Waals surface area contributed by atoms with Crippen molar-refractivity contribution in [2.75, 3.05) is 24.3 Å². The highest BCUT2D eigenvalue weighted by Gasteiger charge is 2.52. The Morgan fingerprint density at radius 2 is 1.90 bits per heavy atom. The van der Waals surface area contributed by atoms with Crippen LogP contribution in [0.5, 0.6) is 0 Å². The minimum Gasteiger partial charge on any atom is -0.462 e. The van der Waals surface area contributed by atoms with Crippen LogP contribution >= 0.6 is 11.8 Å². The third-order valence-electron chi connectivity index (χ3n) is 6.08. The summed E-state index contributed by atoms with van der Waals surface area (Å²) in [5.41, 5.74) is -0.999. The molecule has 12 nitrogen and oxygen atoms in total. The molecule has 0 aromatic carbocycles. The molecule has 3 rings (SSSR count). The molecule has 0 aliphatic carbocycles. The number of hydrogen-bond donors (Lipinski definition) is 1. The van der Waals surface area contributed by atoms with Crippen LogP contribution in [0.15, 0.2) is 6.33 Å². The number of thioether (sulfide) groups is 1. The first kappa shape index (κ1) is 30.4. The second-order valence-corrected chi connectivity index (χ2v) is 11.4. The van der Waals surface area contributed by atoms with E-state index >= 15 is 0 Å². The van der Waals surface area contributed by atoms with Crippen LogP contribution in [0.1, 0.15) is 60.4 Å². The number of anilines is 1. The molecule has 1 unspecified atom stereocenters. The van der Waals surface area contributed by atoms with Crippen LogP contribution in [-0.2, 0) is 33.4 Å². The SMILES string of the molecule is CC(=O)SCCCC(=O)Nc1nc(F)nc2c1ncn2C1CO[C@](C)(COC(=O)C(C)C)[C@H]1OC(=O)C(C)C. The number of nitrogens with zero attached hydrogens (tertiary/aromatic N) is 4. The maximum absolute atomic E-state index is 14.5. The molecule has 0 bridgehead atoms. The molecule has 1 saturated heterocycles. The van der Waals surface area contributed by atoms with E-state index < -0.39 is 47.6 Å². The number of hydrogen-bond acceptors (Lipinski definition) is 11. The lowest BCUT2D eigenvalue weighted by Gasteiger charge is -2.32. The van der Waals surface area contributed by atoms with E-state index in [0.29, 0.717) is 12.2 Å². The molecule has 1 aliphatic rings. The maximum Gasteiger partial charge on any atom is 0.312 e.